The average Bonchev–Trinajstić information content (AvgIpc) is 2.24. The fourth-order valence-corrected chi connectivity index (χ4v) is 2.63. The largest absolute Gasteiger partial charge is 0.423 e. The van der Waals surface area contributed by atoms with Crippen LogP contribution < -0.4 is 4.74 Å². The Hall–Kier alpha value is 0.0400. The van der Waals surface area contributed by atoms with Gasteiger partial charge in [0.15, 0.2) is 5.75 Å². The summed E-state index contributed by atoms with van der Waals surface area (Å²) in [5.74, 6) is 0.376. The van der Waals surface area contributed by atoms with Crippen LogP contribution in [0.2, 0.25) is 10.0 Å². The first-order valence-corrected chi connectivity index (χ1v) is 7.04. The second-order valence-electron chi connectivity index (χ2n) is 3.32. The monoisotopic (exact) mass is 358 g/mol. The van der Waals surface area contributed by atoms with Gasteiger partial charge in [-0.15, -0.1) is 11.6 Å². The summed E-state index contributed by atoms with van der Waals surface area (Å²) in [5.41, 5.74) is 0. The van der Waals surface area contributed by atoms with Crippen LogP contribution in [0.4, 0.5) is 0 Å². The number of halogens is 4. The van der Waals surface area contributed by atoms with Gasteiger partial charge in [0.1, 0.15) is 0 Å². The number of esters is 1. The highest BCUT2D eigenvalue weighted by molar-refractivity contribution is 9.10. The number of ether oxygens (including phenoxy) is 1. The lowest BCUT2D eigenvalue weighted by atomic mass is 10.2. The third kappa shape index (κ3) is 5.04. The molecule has 0 aliphatic carbocycles. The molecule has 0 spiro atoms. The van der Waals surface area contributed by atoms with Gasteiger partial charge in [0.05, 0.1) is 10.0 Å². The summed E-state index contributed by atoms with van der Waals surface area (Å²) >= 11 is 20.6. The van der Waals surface area contributed by atoms with Crippen molar-refractivity contribution in [3.63, 3.8) is 0 Å². The third-order valence-electron chi connectivity index (χ3n) is 1.94. The van der Waals surface area contributed by atoms with E-state index in [1.807, 2.05) is 0 Å². The molecule has 0 fully saturated rings. The van der Waals surface area contributed by atoms with Gasteiger partial charge < -0.3 is 4.74 Å². The number of carbonyl (C=O) groups excluding carboxylic acids is 1. The van der Waals surface area contributed by atoms with Crippen LogP contribution in [0.15, 0.2) is 16.6 Å². The van der Waals surface area contributed by atoms with Crippen molar-refractivity contribution in [3.05, 3.63) is 26.7 Å². The zero-order valence-corrected chi connectivity index (χ0v) is 12.7. The van der Waals surface area contributed by atoms with E-state index in [-0.39, 0.29) is 11.7 Å². The average molecular weight is 360 g/mol. The van der Waals surface area contributed by atoms with Crippen LogP contribution in [0.3, 0.4) is 0 Å². The minimum atomic E-state index is -0.360. The molecule has 0 saturated carbocycles. The minimum absolute atomic E-state index is 0.201. The standard InChI is InChI=1S/C11H10BrCl3O2/c12-7-5-8(14)11(9(15)6-7)17-10(16)3-1-2-4-13/h5-6H,1-4H2. The molecule has 0 bridgehead atoms. The highest BCUT2D eigenvalue weighted by Crippen LogP contribution is 2.36. The molecule has 0 saturated heterocycles. The molecule has 2 nitrogen and oxygen atoms in total. The summed E-state index contributed by atoms with van der Waals surface area (Å²) < 4.78 is 5.84. The predicted octanol–water partition coefficient (Wildman–Crippen LogP) is 5.07. The molecule has 0 N–H and O–H groups in total. The second-order valence-corrected chi connectivity index (χ2v) is 5.43. The van der Waals surface area contributed by atoms with Gasteiger partial charge >= 0.3 is 5.97 Å². The zero-order chi connectivity index (χ0) is 12.8. The number of hydrogen-bond acceptors (Lipinski definition) is 2. The third-order valence-corrected chi connectivity index (χ3v) is 3.23. The first-order chi connectivity index (χ1) is 8.04. The lowest BCUT2D eigenvalue weighted by Gasteiger charge is -2.08. The first kappa shape index (κ1) is 15.1. The fraction of sp³-hybridized carbons (Fsp3) is 0.364. The van der Waals surface area contributed by atoms with Crippen molar-refractivity contribution in [2.75, 3.05) is 5.88 Å². The van der Waals surface area contributed by atoms with E-state index in [0.717, 1.165) is 10.9 Å². The Morgan fingerprint density at radius 1 is 1.24 bits per heavy atom. The van der Waals surface area contributed by atoms with Crippen molar-refractivity contribution in [2.45, 2.75) is 19.3 Å². The van der Waals surface area contributed by atoms with Crippen LogP contribution in [0.5, 0.6) is 5.75 Å². The molecular weight excluding hydrogens is 350 g/mol. The Kier molecular flexibility index (Phi) is 6.63. The normalized spacial score (nSPS) is 10.4. The zero-order valence-electron chi connectivity index (χ0n) is 8.81. The van der Waals surface area contributed by atoms with E-state index in [2.05, 4.69) is 15.9 Å². The maximum Gasteiger partial charge on any atom is 0.311 e. The number of hydrogen-bond donors (Lipinski definition) is 0. The SMILES string of the molecule is O=C(CCCCCl)Oc1c(Cl)cc(Br)cc1Cl. The maximum absolute atomic E-state index is 11.5. The molecule has 0 radical (unpaired) electrons. The molecule has 0 heterocycles. The molecule has 17 heavy (non-hydrogen) atoms. The second kappa shape index (κ2) is 7.47. The summed E-state index contributed by atoms with van der Waals surface area (Å²) in [6, 6.07) is 3.24. The van der Waals surface area contributed by atoms with Crippen LogP contribution in [0, 0.1) is 0 Å². The van der Waals surface area contributed by atoms with Crippen molar-refractivity contribution in [2.24, 2.45) is 0 Å². The van der Waals surface area contributed by atoms with Crippen molar-refractivity contribution >= 4 is 56.7 Å². The van der Waals surface area contributed by atoms with Crippen molar-refractivity contribution in [1.82, 2.24) is 0 Å². The molecule has 0 unspecified atom stereocenters. The lowest BCUT2D eigenvalue weighted by molar-refractivity contribution is -0.134. The Balaban J connectivity index is 2.65. The summed E-state index contributed by atoms with van der Waals surface area (Å²) in [4.78, 5) is 11.5. The molecule has 0 amide bonds. The van der Waals surface area contributed by atoms with Gasteiger partial charge in [0, 0.05) is 16.8 Å². The van der Waals surface area contributed by atoms with Crippen LogP contribution in [-0.4, -0.2) is 11.8 Å². The summed E-state index contributed by atoms with van der Waals surface area (Å²) in [6.45, 7) is 0. The van der Waals surface area contributed by atoms with E-state index in [1.165, 1.54) is 0 Å². The Morgan fingerprint density at radius 3 is 2.35 bits per heavy atom. The van der Waals surface area contributed by atoms with Crippen LogP contribution >= 0.6 is 50.7 Å². The molecule has 0 aromatic heterocycles. The van der Waals surface area contributed by atoms with Crippen LogP contribution in [0.1, 0.15) is 19.3 Å². The number of alkyl halides is 1. The van der Waals surface area contributed by atoms with Crippen LogP contribution in [0.25, 0.3) is 0 Å². The Morgan fingerprint density at radius 2 is 1.82 bits per heavy atom. The molecule has 1 rings (SSSR count). The van der Waals surface area contributed by atoms with E-state index in [9.17, 15) is 4.79 Å². The summed E-state index contributed by atoms with van der Waals surface area (Å²) in [5, 5.41) is 0.602. The number of benzene rings is 1. The van der Waals surface area contributed by atoms with Crippen molar-refractivity contribution in [3.8, 4) is 5.75 Å². The van der Waals surface area contributed by atoms with E-state index in [0.29, 0.717) is 28.8 Å². The molecule has 0 aliphatic heterocycles. The summed E-state index contributed by atoms with van der Waals surface area (Å²) in [6.07, 6.45) is 1.77. The molecular formula is C11H10BrCl3O2. The van der Waals surface area contributed by atoms with Gasteiger partial charge in [-0.1, -0.05) is 39.1 Å². The number of carbonyl (C=O) groups is 1. The Bertz CT molecular complexity index is 387. The van der Waals surface area contributed by atoms with Gasteiger partial charge in [-0.3, -0.25) is 4.79 Å². The maximum atomic E-state index is 11.5. The topological polar surface area (TPSA) is 26.3 Å². The van der Waals surface area contributed by atoms with Gasteiger partial charge in [0.2, 0.25) is 0 Å². The highest BCUT2D eigenvalue weighted by atomic mass is 79.9. The number of unbranched alkanes of at least 4 members (excludes halogenated alkanes) is 1. The smallest absolute Gasteiger partial charge is 0.311 e. The Labute approximate surface area is 123 Å². The van der Waals surface area contributed by atoms with Gasteiger partial charge in [-0.25, -0.2) is 0 Å². The number of rotatable bonds is 5. The molecule has 0 aliphatic rings. The van der Waals surface area contributed by atoms with Gasteiger partial charge in [-0.2, -0.15) is 0 Å². The highest BCUT2D eigenvalue weighted by Gasteiger charge is 2.13. The first-order valence-electron chi connectivity index (χ1n) is 4.95. The van der Waals surface area contributed by atoms with E-state index < -0.39 is 0 Å². The van der Waals surface area contributed by atoms with E-state index in [1.54, 1.807) is 12.1 Å². The van der Waals surface area contributed by atoms with E-state index in [4.69, 9.17) is 39.5 Å². The van der Waals surface area contributed by atoms with Crippen LogP contribution in [-0.2, 0) is 4.79 Å². The van der Waals surface area contributed by atoms with Crippen molar-refractivity contribution in [1.29, 1.82) is 0 Å². The lowest BCUT2D eigenvalue weighted by Crippen LogP contribution is -2.08. The minimum Gasteiger partial charge on any atom is -0.423 e. The summed E-state index contributed by atoms with van der Waals surface area (Å²) in [7, 11) is 0. The van der Waals surface area contributed by atoms with E-state index >= 15 is 0 Å². The molecule has 0 atom stereocenters. The quantitative estimate of drug-likeness (QED) is 0.317. The molecule has 1 aromatic carbocycles. The predicted molar refractivity (Wildman–Crippen MR) is 74.4 cm³/mol. The molecule has 94 valence electrons. The fourth-order valence-electron chi connectivity index (χ4n) is 1.16. The molecule has 1 aromatic rings. The molecule has 6 heteroatoms. The van der Waals surface area contributed by atoms with Crippen molar-refractivity contribution < 1.29 is 9.53 Å². The van der Waals surface area contributed by atoms with Gasteiger partial charge in [-0.05, 0) is 25.0 Å². The van der Waals surface area contributed by atoms with Gasteiger partial charge in [0.25, 0.3) is 0 Å².